The first kappa shape index (κ1) is 17.9. The molecule has 2 aliphatic heterocycles. The maximum absolute atomic E-state index is 12.3. The molecule has 0 saturated carbocycles. The predicted octanol–water partition coefficient (Wildman–Crippen LogP) is 1.56. The molecule has 3 heterocycles. The Morgan fingerprint density at radius 3 is 2.78 bits per heavy atom. The second-order valence-electron chi connectivity index (χ2n) is 6.83. The summed E-state index contributed by atoms with van der Waals surface area (Å²) in [5.74, 6) is 1.25. The van der Waals surface area contributed by atoms with E-state index in [4.69, 9.17) is 9.72 Å². The molecule has 7 heteroatoms. The summed E-state index contributed by atoms with van der Waals surface area (Å²) >= 11 is 0. The van der Waals surface area contributed by atoms with Crippen molar-refractivity contribution in [1.29, 1.82) is 0 Å². The largest absolute Gasteiger partial charge is 0.379 e. The molecule has 0 radical (unpaired) electrons. The summed E-state index contributed by atoms with van der Waals surface area (Å²) in [6.07, 6.45) is 1.77. The summed E-state index contributed by atoms with van der Waals surface area (Å²) in [6, 6.07) is 9.79. The number of hydrogen-bond donors (Lipinski definition) is 2. The minimum Gasteiger partial charge on any atom is -0.379 e. The highest BCUT2D eigenvalue weighted by Crippen LogP contribution is 2.24. The number of hydrogen-bond acceptors (Lipinski definition) is 6. The van der Waals surface area contributed by atoms with Gasteiger partial charge in [0.25, 0.3) is 5.91 Å². The van der Waals surface area contributed by atoms with Gasteiger partial charge in [-0.1, -0.05) is 30.3 Å². The Balaban J connectivity index is 1.50. The summed E-state index contributed by atoms with van der Waals surface area (Å²) in [5, 5.41) is 6.33. The normalized spacial score (nSPS) is 17.3. The highest BCUT2D eigenvalue weighted by molar-refractivity contribution is 5.96. The van der Waals surface area contributed by atoms with Crippen molar-refractivity contribution in [2.75, 3.05) is 51.3 Å². The molecule has 0 unspecified atom stereocenters. The van der Waals surface area contributed by atoms with Crippen LogP contribution in [0, 0.1) is 0 Å². The lowest BCUT2D eigenvalue weighted by Crippen LogP contribution is -2.37. The van der Waals surface area contributed by atoms with Crippen molar-refractivity contribution in [2.45, 2.75) is 12.8 Å². The van der Waals surface area contributed by atoms with Crippen LogP contribution in [-0.2, 0) is 11.2 Å². The van der Waals surface area contributed by atoms with Gasteiger partial charge in [0, 0.05) is 37.3 Å². The smallest absolute Gasteiger partial charge is 0.270 e. The minimum atomic E-state index is -0.118. The fourth-order valence-electron chi connectivity index (χ4n) is 3.49. The molecule has 1 fully saturated rings. The van der Waals surface area contributed by atoms with Gasteiger partial charge in [0.15, 0.2) is 5.82 Å². The molecule has 1 amide bonds. The predicted molar refractivity (Wildman–Crippen MR) is 104 cm³/mol. The van der Waals surface area contributed by atoms with Gasteiger partial charge in [-0.15, -0.1) is 0 Å². The number of ether oxygens (including phenoxy) is 1. The number of carbonyl (C=O) groups is 1. The monoisotopic (exact) mass is 367 g/mol. The number of morpholine rings is 1. The van der Waals surface area contributed by atoms with E-state index < -0.39 is 0 Å². The average molecular weight is 367 g/mol. The van der Waals surface area contributed by atoms with E-state index in [9.17, 15) is 4.79 Å². The Kier molecular flexibility index (Phi) is 5.60. The van der Waals surface area contributed by atoms with Crippen LogP contribution in [0.25, 0.3) is 11.4 Å². The number of nitrogens with zero attached hydrogens (tertiary/aromatic N) is 3. The van der Waals surface area contributed by atoms with E-state index in [0.717, 1.165) is 69.2 Å². The van der Waals surface area contributed by atoms with Crippen LogP contribution in [-0.4, -0.2) is 66.7 Å². The van der Waals surface area contributed by atoms with Crippen molar-refractivity contribution in [3.8, 4) is 11.4 Å². The van der Waals surface area contributed by atoms with Crippen molar-refractivity contribution in [1.82, 2.24) is 20.2 Å². The molecule has 2 aliphatic rings. The van der Waals surface area contributed by atoms with E-state index >= 15 is 0 Å². The summed E-state index contributed by atoms with van der Waals surface area (Å²) in [7, 11) is 0. The minimum absolute atomic E-state index is 0.118. The quantitative estimate of drug-likeness (QED) is 0.755. The molecule has 27 heavy (non-hydrogen) atoms. The third-order valence-corrected chi connectivity index (χ3v) is 4.96. The Bertz CT molecular complexity index is 790. The van der Waals surface area contributed by atoms with Gasteiger partial charge in [0.05, 0.1) is 13.2 Å². The van der Waals surface area contributed by atoms with Gasteiger partial charge in [0.1, 0.15) is 11.5 Å². The van der Waals surface area contributed by atoms with Crippen molar-refractivity contribution in [2.24, 2.45) is 0 Å². The van der Waals surface area contributed by atoms with Crippen LogP contribution in [0.2, 0.25) is 0 Å². The molecule has 0 bridgehead atoms. The molecular weight excluding hydrogens is 342 g/mol. The maximum atomic E-state index is 12.3. The Labute approximate surface area is 159 Å². The van der Waals surface area contributed by atoms with E-state index in [0.29, 0.717) is 18.1 Å². The van der Waals surface area contributed by atoms with Gasteiger partial charge >= 0.3 is 0 Å². The molecule has 0 atom stereocenters. The molecule has 1 aromatic heterocycles. The molecule has 2 aromatic rings. The summed E-state index contributed by atoms with van der Waals surface area (Å²) in [4.78, 5) is 24.0. The Morgan fingerprint density at radius 2 is 1.96 bits per heavy atom. The number of aromatic nitrogens is 2. The van der Waals surface area contributed by atoms with Crippen LogP contribution in [0.5, 0.6) is 0 Å². The number of nitrogens with one attached hydrogen (secondary N) is 2. The summed E-state index contributed by atoms with van der Waals surface area (Å²) in [6.45, 7) is 6.13. The summed E-state index contributed by atoms with van der Waals surface area (Å²) in [5.41, 5.74) is 2.32. The van der Waals surface area contributed by atoms with Crippen molar-refractivity contribution in [3.63, 3.8) is 0 Å². The first-order valence-electron chi connectivity index (χ1n) is 9.60. The van der Waals surface area contributed by atoms with Crippen LogP contribution in [0.3, 0.4) is 0 Å². The van der Waals surface area contributed by atoms with Crippen molar-refractivity contribution < 1.29 is 9.53 Å². The van der Waals surface area contributed by atoms with E-state index in [-0.39, 0.29) is 5.91 Å². The fraction of sp³-hybridized carbons (Fsp3) is 0.450. The van der Waals surface area contributed by atoms with Gasteiger partial charge in [0.2, 0.25) is 0 Å². The van der Waals surface area contributed by atoms with Crippen molar-refractivity contribution in [3.05, 3.63) is 41.6 Å². The molecule has 2 N–H and O–H groups in total. The van der Waals surface area contributed by atoms with E-state index in [2.05, 4.69) is 20.5 Å². The lowest BCUT2D eigenvalue weighted by Gasteiger charge is -2.26. The van der Waals surface area contributed by atoms with Gasteiger partial charge in [-0.05, 0) is 19.4 Å². The fourth-order valence-corrected chi connectivity index (χ4v) is 3.49. The Hall–Kier alpha value is -2.51. The van der Waals surface area contributed by atoms with Crippen LogP contribution < -0.4 is 10.6 Å². The molecule has 0 aliphatic carbocycles. The zero-order valence-corrected chi connectivity index (χ0v) is 15.4. The number of anilines is 1. The van der Waals surface area contributed by atoms with Crippen LogP contribution in [0.4, 0.5) is 5.82 Å². The lowest BCUT2D eigenvalue weighted by molar-refractivity contribution is 0.0378. The first-order valence-corrected chi connectivity index (χ1v) is 9.60. The molecule has 1 saturated heterocycles. The highest BCUT2D eigenvalue weighted by Gasteiger charge is 2.24. The Morgan fingerprint density at radius 1 is 1.15 bits per heavy atom. The number of fused-ring (bicyclic) bond motifs is 1. The molecular formula is C20H25N5O2. The number of rotatable bonds is 6. The summed E-state index contributed by atoms with van der Waals surface area (Å²) < 4.78 is 5.39. The second-order valence-corrected chi connectivity index (χ2v) is 6.83. The molecule has 4 rings (SSSR count). The standard InChI is InChI=1S/C20H25N5O2/c26-20-17-16(7-9-22-20)19(21-8-4-10-25-11-13-27-14-12-25)24-18(23-17)15-5-2-1-3-6-15/h1-3,5-6H,4,7-14H2,(H,22,26)(H,21,23,24). The average Bonchev–Trinajstić information content (AvgIpc) is 2.73. The van der Waals surface area contributed by atoms with Crippen LogP contribution >= 0.6 is 0 Å². The van der Waals surface area contributed by atoms with E-state index in [1.165, 1.54) is 0 Å². The lowest BCUT2D eigenvalue weighted by atomic mass is 10.1. The van der Waals surface area contributed by atoms with E-state index in [1.54, 1.807) is 0 Å². The maximum Gasteiger partial charge on any atom is 0.270 e. The number of amides is 1. The molecule has 142 valence electrons. The third kappa shape index (κ3) is 4.26. The molecule has 0 spiro atoms. The topological polar surface area (TPSA) is 79.4 Å². The van der Waals surface area contributed by atoms with Crippen LogP contribution in [0.1, 0.15) is 22.5 Å². The van der Waals surface area contributed by atoms with Gasteiger partial charge < -0.3 is 15.4 Å². The molecule has 7 nitrogen and oxygen atoms in total. The van der Waals surface area contributed by atoms with Gasteiger partial charge in [-0.3, -0.25) is 9.69 Å². The zero-order valence-electron chi connectivity index (χ0n) is 15.4. The number of benzene rings is 1. The van der Waals surface area contributed by atoms with Gasteiger partial charge in [-0.25, -0.2) is 9.97 Å². The first-order chi connectivity index (χ1) is 13.3. The second kappa shape index (κ2) is 8.45. The number of carbonyl (C=O) groups excluding carboxylic acids is 1. The van der Waals surface area contributed by atoms with Gasteiger partial charge in [-0.2, -0.15) is 0 Å². The third-order valence-electron chi connectivity index (χ3n) is 4.96. The zero-order chi connectivity index (χ0) is 18.5. The van der Waals surface area contributed by atoms with Crippen molar-refractivity contribution >= 4 is 11.7 Å². The van der Waals surface area contributed by atoms with Crippen LogP contribution in [0.15, 0.2) is 30.3 Å². The highest BCUT2D eigenvalue weighted by atomic mass is 16.5. The SMILES string of the molecule is O=C1NCCc2c(NCCCN3CCOCC3)nc(-c3ccccc3)nc21. The van der Waals surface area contributed by atoms with E-state index in [1.807, 2.05) is 30.3 Å². The molecule has 1 aromatic carbocycles.